The zero-order valence-electron chi connectivity index (χ0n) is 15.0. The number of fused-ring (bicyclic) bond motifs is 1. The summed E-state index contributed by atoms with van der Waals surface area (Å²) in [7, 11) is 5.78. The van der Waals surface area contributed by atoms with Crippen molar-refractivity contribution in [3.63, 3.8) is 0 Å². The molecule has 0 aliphatic carbocycles. The number of aromatic nitrogens is 4. The fourth-order valence-electron chi connectivity index (χ4n) is 2.96. The standard InChI is InChI=1S/C20H16BN5O/c1-12-5-3-4-6-17(12)26-13(2)19(24-25-26)20(27)23-18-10-7-14-11-15(21)8-9-16(14)22-18/h3-11H,1-2H3,(H,22,23,27). The third-order valence-electron chi connectivity index (χ3n) is 4.41. The fraction of sp³-hybridized carbons (Fsp3) is 0.100. The topological polar surface area (TPSA) is 72.7 Å². The van der Waals surface area contributed by atoms with Gasteiger partial charge in [0.2, 0.25) is 0 Å². The Balaban J connectivity index is 1.62. The van der Waals surface area contributed by atoms with Crippen LogP contribution < -0.4 is 10.8 Å². The Bertz CT molecular complexity index is 1170. The maximum absolute atomic E-state index is 12.7. The first-order valence-electron chi connectivity index (χ1n) is 8.49. The number of nitrogens with one attached hydrogen (secondary N) is 1. The van der Waals surface area contributed by atoms with E-state index in [0.717, 1.165) is 22.2 Å². The molecule has 7 heteroatoms. The summed E-state index contributed by atoms with van der Waals surface area (Å²) >= 11 is 0. The van der Waals surface area contributed by atoms with Crippen LogP contribution in [0.25, 0.3) is 16.6 Å². The van der Waals surface area contributed by atoms with Crippen molar-refractivity contribution in [3.05, 3.63) is 71.5 Å². The maximum atomic E-state index is 12.7. The first kappa shape index (κ1) is 17.0. The molecule has 0 saturated carbocycles. The first-order valence-corrected chi connectivity index (χ1v) is 8.49. The van der Waals surface area contributed by atoms with Crippen LogP contribution in [0.15, 0.2) is 54.6 Å². The lowest BCUT2D eigenvalue weighted by atomic mass is 9.95. The van der Waals surface area contributed by atoms with E-state index in [1.807, 2.05) is 56.3 Å². The molecule has 4 rings (SSSR count). The molecule has 2 radical (unpaired) electrons. The van der Waals surface area contributed by atoms with Gasteiger partial charge in [0.1, 0.15) is 13.7 Å². The SMILES string of the molecule is [B]c1ccc2nc(NC(=O)c3nnn(-c4ccccc4C)c3C)ccc2c1. The highest BCUT2D eigenvalue weighted by Crippen LogP contribution is 2.18. The summed E-state index contributed by atoms with van der Waals surface area (Å²) in [5, 5.41) is 11.9. The molecule has 27 heavy (non-hydrogen) atoms. The van der Waals surface area contributed by atoms with Gasteiger partial charge in [-0.3, -0.25) is 4.79 Å². The Hall–Kier alpha value is -3.48. The van der Waals surface area contributed by atoms with E-state index >= 15 is 0 Å². The maximum Gasteiger partial charge on any atom is 0.279 e. The highest BCUT2D eigenvalue weighted by atomic mass is 16.2. The van der Waals surface area contributed by atoms with Gasteiger partial charge in [0, 0.05) is 0 Å². The second-order valence-electron chi connectivity index (χ2n) is 6.32. The summed E-state index contributed by atoms with van der Waals surface area (Å²) < 4.78 is 1.67. The normalized spacial score (nSPS) is 10.9. The molecule has 2 heterocycles. The molecular weight excluding hydrogens is 337 g/mol. The molecule has 0 spiro atoms. The second kappa shape index (κ2) is 6.68. The molecule has 0 unspecified atom stereocenters. The number of aryl methyl sites for hydroxylation is 1. The third kappa shape index (κ3) is 3.19. The Morgan fingerprint density at radius 1 is 1.07 bits per heavy atom. The van der Waals surface area contributed by atoms with E-state index in [2.05, 4.69) is 20.6 Å². The minimum absolute atomic E-state index is 0.262. The number of benzene rings is 2. The molecule has 4 aromatic rings. The van der Waals surface area contributed by atoms with E-state index in [9.17, 15) is 4.79 Å². The zero-order valence-corrected chi connectivity index (χ0v) is 15.0. The molecule has 0 atom stereocenters. The lowest BCUT2D eigenvalue weighted by molar-refractivity contribution is 0.102. The van der Waals surface area contributed by atoms with E-state index in [-0.39, 0.29) is 11.6 Å². The number of nitrogens with zero attached hydrogens (tertiary/aromatic N) is 4. The first-order chi connectivity index (χ1) is 13.0. The summed E-state index contributed by atoms with van der Waals surface area (Å²) in [4.78, 5) is 17.1. The summed E-state index contributed by atoms with van der Waals surface area (Å²) in [5.41, 5.74) is 4.29. The molecule has 0 saturated heterocycles. The van der Waals surface area contributed by atoms with Crippen LogP contribution in [-0.2, 0) is 0 Å². The van der Waals surface area contributed by atoms with Crippen molar-refractivity contribution in [1.29, 1.82) is 0 Å². The van der Waals surface area contributed by atoms with Crippen molar-refractivity contribution < 1.29 is 4.79 Å². The molecule has 0 aliphatic heterocycles. The molecular formula is C20H16BN5O. The van der Waals surface area contributed by atoms with E-state index in [0.29, 0.717) is 17.0 Å². The number of amides is 1. The third-order valence-corrected chi connectivity index (χ3v) is 4.41. The van der Waals surface area contributed by atoms with Crippen LogP contribution in [0, 0.1) is 13.8 Å². The number of anilines is 1. The van der Waals surface area contributed by atoms with Gasteiger partial charge in [-0.15, -0.1) is 5.10 Å². The molecule has 0 bridgehead atoms. The van der Waals surface area contributed by atoms with Gasteiger partial charge in [-0.2, -0.15) is 0 Å². The predicted octanol–water partition coefficient (Wildman–Crippen LogP) is 2.48. The van der Waals surface area contributed by atoms with E-state index < -0.39 is 0 Å². The van der Waals surface area contributed by atoms with Crippen LogP contribution in [0.4, 0.5) is 5.82 Å². The number of carbonyl (C=O) groups is 1. The van der Waals surface area contributed by atoms with Gasteiger partial charge in [0.15, 0.2) is 5.69 Å². The quantitative estimate of drug-likeness (QED) is 0.575. The van der Waals surface area contributed by atoms with E-state index in [1.165, 1.54) is 0 Å². The van der Waals surface area contributed by atoms with Crippen molar-refractivity contribution in [3.8, 4) is 5.69 Å². The molecule has 0 aliphatic rings. The van der Waals surface area contributed by atoms with Crippen LogP contribution >= 0.6 is 0 Å². The van der Waals surface area contributed by atoms with Gasteiger partial charge < -0.3 is 5.32 Å². The van der Waals surface area contributed by atoms with Gasteiger partial charge in [-0.1, -0.05) is 41.0 Å². The van der Waals surface area contributed by atoms with E-state index in [1.54, 1.807) is 16.8 Å². The highest BCUT2D eigenvalue weighted by molar-refractivity contribution is 6.33. The van der Waals surface area contributed by atoms with Crippen molar-refractivity contribution >= 4 is 35.9 Å². The number of carbonyl (C=O) groups excluding carboxylic acids is 1. The van der Waals surface area contributed by atoms with Crippen LogP contribution in [0.5, 0.6) is 0 Å². The molecule has 1 amide bonds. The fourth-order valence-corrected chi connectivity index (χ4v) is 2.96. The summed E-state index contributed by atoms with van der Waals surface area (Å²) in [5.74, 6) is 0.0942. The van der Waals surface area contributed by atoms with Crippen molar-refractivity contribution in [2.45, 2.75) is 13.8 Å². The predicted molar refractivity (Wildman–Crippen MR) is 106 cm³/mol. The number of hydrogen-bond donors (Lipinski definition) is 1. The number of pyridine rings is 1. The number of rotatable bonds is 3. The van der Waals surface area contributed by atoms with Crippen LogP contribution in [-0.4, -0.2) is 33.7 Å². The smallest absolute Gasteiger partial charge is 0.279 e. The van der Waals surface area contributed by atoms with Crippen LogP contribution in [0.2, 0.25) is 0 Å². The van der Waals surface area contributed by atoms with Crippen molar-refractivity contribution in [2.75, 3.05) is 5.32 Å². The zero-order chi connectivity index (χ0) is 19.0. The monoisotopic (exact) mass is 353 g/mol. The van der Waals surface area contributed by atoms with Crippen LogP contribution in [0.1, 0.15) is 21.7 Å². The van der Waals surface area contributed by atoms with Gasteiger partial charge in [-0.25, -0.2) is 9.67 Å². The molecule has 6 nitrogen and oxygen atoms in total. The summed E-state index contributed by atoms with van der Waals surface area (Å²) in [6.07, 6.45) is 0. The van der Waals surface area contributed by atoms with Gasteiger partial charge in [-0.05, 0) is 49.1 Å². The Labute approximate surface area is 157 Å². The molecule has 2 aromatic carbocycles. The molecule has 1 N–H and O–H groups in total. The summed E-state index contributed by atoms with van der Waals surface area (Å²) in [6, 6.07) is 16.8. The average Bonchev–Trinajstić information content (AvgIpc) is 3.03. The van der Waals surface area contributed by atoms with E-state index in [4.69, 9.17) is 7.85 Å². The summed E-state index contributed by atoms with van der Waals surface area (Å²) in [6.45, 7) is 3.81. The Kier molecular flexibility index (Phi) is 4.20. The lowest BCUT2D eigenvalue weighted by Crippen LogP contribution is -2.15. The number of hydrogen-bond acceptors (Lipinski definition) is 4. The van der Waals surface area contributed by atoms with Crippen LogP contribution in [0.3, 0.4) is 0 Å². The van der Waals surface area contributed by atoms with Gasteiger partial charge in [0.25, 0.3) is 5.91 Å². The van der Waals surface area contributed by atoms with Gasteiger partial charge in [0.05, 0.1) is 16.9 Å². The van der Waals surface area contributed by atoms with Crippen molar-refractivity contribution in [1.82, 2.24) is 20.0 Å². The highest BCUT2D eigenvalue weighted by Gasteiger charge is 2.18. The Morgan fingerprint density at radius 3 is 2.70 bits per heavy atom. The minimum atomic E-state index is -0.352. The average molecular weight is 353 g/mol. The lowest BCUT2D eigenvalue weighted by Gasteiger charge is -2.07. The number of para-hydroxylation sites is 1. The largest absolute Gasteiger partial charge is 0.305 e. The molecule has 130 valence electrons. The minimum Gasteiger partial charge on any atom is -0.305 e. The van der Waals surface area contributed by atoms with Gasteiger partial charge >= 0.3 is 0 Å². The molecule has 0 fully saturated rings. The van der Waals surface area contributed by atoms with Crippen molar-refractivity contribution in [2.24, 2.45) is 0 Å². The Morgan fingerprint density at radius 2 is 1.89 bits per heavy atom. The second-order valence-corrected chi connectivity index (χ2v) is 6.32. The molecule has 2 aromatic heterocycles.